The minimum atomic E-state index is -3.55. The Hall–Kier alpha value is -3.57. The van der Waals surface area contributed by atoms with E-state index in [9.17, 15) is 8.42 Å². The highest BCUT2D eigenvalue weighted by atomic mass is 32.2. The number of benzene rings is 1. The number of aryl methyl sites for hydroxylation is 3. The van der Waals surface area contributed by atoms with Gasteiger partial charge in [0, 0.05) is 12.3 Å². The van der Waals surface area contributed by atoms with Crippen molar-refractivity contribution in [2.75, 3.05) is 23.5 Å². The van der Waals surface area contributed by atoms with E-state index in [0.29, 0.717) is 46.6 Å². The Labute approximate surface area is 222 Å². The number of aromatic amines is 1. The molecule has 1 aliphatic rings. The molecule has 1 atom stereocenters. The summed E-state index contributed by atoms with van der Waals surface area (Å²) in [5, 5.41) is 6.50. The van der Waals surface area contributed by atoms with Crippen LogP contribution in [-0.2, 0) is 14.6 Å². The molecule has 1 fully saturated rings. The molecule has 0 spiro atoms. The fourth-order valence-corrected chi connectivity index (χ4v) is 5.43. The molecule has 0 saturated carbocycles. The molecule has 0 amide bonds. The predicted octanol–water partition coefficient (Wildman–Crippen LogP) is 5.44. The lowest BCUT2D eigenvalue weighted by Crippen LogP contribution is -2.27. The number of nitrogens with one attached hydrogen (secondary N) is 3. The minimum absolute atomic E-state index is 0.126. The van der Waals surface area contributed by atoms with Crippen molar-refractivity contribution in [2.24, 2.45) is 5.41 Å². The Morgan fingerprint density at radius 2 is 1.79 bits per heavy atom. The first-order chi connectivity index (χ1) is 17.9. The normalized spacial score (nSPS) is 17.5. The fraction of sp³-hybridized carbons (Fsp3) is 0.407. The molecule has 38 heavy (non-hydrogen) atoms. The molecule has 200 valence electrons. The van der Waals surface area contributed by atoms with Gasteiger partial charge in [-0.2, -0.15) is 0 Å². The van der Waals surface area contributed by atoms with Crippen molar-refractivity contribution in [1.82, 2.24) is 24.9 Å². The number of anilines is 4. The van der Waals surface area contributed by atoms with Crippen LogP contribution in [0.15, 0.2) is 35.4 Å². The molecular weight excluding hydrogens is 502 g/mol. The third-order valence-electron chi connectivity index (χ3n) is 6.82. The number of sulfone groups is 1. The number of rotatable bonds is 6. The number of H-pyrrole nitrogens is 1. The van der Waals surface area contributed by atoms with Crippen LogP contribution in [0, 0.1) is 26.2 Å². The van der Waals surface area contributed by atoms with E-state index in [1.54, 1.807) is 24.4 Å². The summed E-state index contributed by atoms with van der Waals surface area (Å²) >= 11 is 0. The van der Waals surface area contributed by atoms with Crippen molar-refractivity contribution in [2.45, 2.75) is 58.5 Å². The number of hydrogen-bond donors (Lipinski definition) is 3. The van der Waals surface area contributed by atoms with Gasteiger partial charge in [-0.1, -0.05) is 19.9 Å². The monoisotopic (exact) mass is 535 g/mol. The second kappa shape index (κ2) is 9.63. The zero-order valence-electron chi connectivity index (χ0n) is 22.5. The summed E-state index contributed by atoms with van der Waals surface area (Å²) in [5.74, 6) is 1.76. The Kier molecular flexibility index (Phi) is 6.60. The van der Waals surface area contributed by atoms with Gasteiger partial charge < -0.3 is 20.4 Å². The molecule has 10 nitrogen and oxygen atoms in total. The first-order valence-corrected chi connectivity index (χ1v) is 14.4. The standard InChI is InChI=1S/C27H33N7O3S/c1-15-16(2)29-24(13-28-15)33-23-12-20(25-26(34-23)31-17(3)30-25)32-19-8-7-18(11-22(19)38(6,35)36)21-9-10-27(4,5)14-37-21/h7-8,11-13,21H,9-10,14H2,1-6H3,(H3,29,30,31,32,33,34)/t21-/m0/s1. The lowest BCUT2D eigenvalue weighted by Gasteiger charge is -2.34. The molecule has 0 radical (unpaired) electrons. The Balaban J connectivity index is 1.51. The van der Waals surface area contributed by atoms with Crippen LogP contribution in [0.1, 0.15) is 55.6 Å². The summed E-state index contributed by atoms with van der Waals surface area (Å²) in [7, 11) is -3.55. The molecular formula is C27H33N7O3S. The third kappa shape index (κ3) is 5.48. The molecule has 5 rings (SSSR count). The van der Waals surface area contributed by atoms with Crippen molar-refractivity contribution >= 4 is 44.0 Å². The number of imidazole rings is 1. The molecule has 3 aromatic heterocycles. The van der Waals surface area contributed by atoms with Crippen molar-refractivity contribution in [3.8, 4) is 0 Å². The van der Waals surface area contributed by atoms with Crippen molar-refractivity contribution in [3.05, 3.63) is 53.2 Å². The van der Waals surface area contributed by atoms with Gasteiger partial charge in [0.05, 0.1) is 46.6 Å². The zero-order chi connectivity index (χ0) is 27.2. The molecule has 0 bridgehead atoms. The van der Waals surface area contributed by atoms with Gasteiger partial charge in [-0.3, -0.25) is 4.98 Å². The first kappa shape index (κ1) is 26.1. The van der Waals surface area contributed by atoms with Crippen molar-refractivity contribution in [3.63, 3.8) is 0 Å². The maximum atomic E-state index is 12.9. The first-order valence-electron chi connectivity index (χ1n) is 12.6. The molecule has 1 aromatic carbocycles. The Morgan fingerprint density at radius 1 is 1.00 bits per heavy atom. The van der Waals surface area contributed by atoms with Gasteiger partial charge in [0.2, 0.25) is 0 Å². The van der Waals surface area contributed by atoms with E-state index in [1.807, 2.05) is 26.8 Å². The van der Waals surface area contributed by atoms with E-state index in [2.05, 4.69) is 49.4 Å². The van der Waals surface area contributed by atoms with Gasteiger partial charge in [0.25, 0.3) is 0 Å². The Morgan fingerprint density at radius 3 is 2.47 bits per heavy atom. The molecule has 1 saturated heterocycles. The fourth-order valence-electron chi connectivity index (χ4n) is 4.56. The summed E-state index contributed by atoms with van der Waals surface area (Å²) in [6.45, 7) is 10.6. The van der Waals surface area contributed by atoms with Gasteiger partial charge in [-0.05, 0) is 56.7 Å². The summed E-state index contributed by atoms with van der Waals surface area (Å²) < 4.78 is 31.8. The smallest absolute Gasteiger partial charge is 0.177 e. The van der Waals surface area contributed by atoms with Crippen molar-refractivity contribution in [1.29, 1.82) is 0 Å². The molecule has 1 aliphatic heterocycles. The number of nitrogens with zero attached hydrogens (tertiary/aromatic N) is 4. The number of fused-ring (bicyclic) bond motifs is 1. The minimum Gasteiger partial charge on any atom is -0.373 e. The molecule has 0 aliphatic carbocycles. The number of pyridine rings is 1. The lowest BCUT2D eigenvalue weighted by molar-refractivity contribution is -0.0499. The van der Waals surface area contributed by atoms with Crippen LogP contribution in [0.5, 0.6) is 0 Å². The van der Waals surface area contributed by atoms with E-state index in [-0.39, 0.29) is 16.4 Å². The highest BCUT2D eigenvalue weighted by Crippen LogP contribution is 2.39. The van der Waals surface area contributed by atoms with Gasteiger partial charge in [0.15, 0.2) is 15.5 Å². The quantitative estimate of drug-likeness (QED) is 0.295. The van der Waals surface area contributed by atoms with E-state index < -0.39 is 9.84 Å². The van der Waals surface area contributed by atoms with Crippen LogP contribution < -0.4 is 10.6 Å². The van der Waals surface area contributed by atoms with Crippen molar-refractivity contribution < 1.29 is 13.2 Å². The number of hydrogen-bond acceptors (Lipinski definition) is 9. The second-order valence-corrected chi connectivity index (χ2v) is 12.8. The van der Waals surface area contributed by atoms with E-state index in [0.717, 1.165) is 29.8 Å². The van der Waals surface area contributed by atoms with Gasteiger partial charge >= 0.3 is 0 Å². The van der Waals surface area contributed by atoms with Crippen LogP contribution >= 0.6 is 0 Å². The zero-order valence-corrected chi connectivity index (χ0v) is 23.3. The summed E-state index contributed by atoms with van der Waals surface area (Å²) in [4.78, 5) is 21.5. The van der Waals surface area contributed by atoms with Crippen LogP contribution in [-0.4, -0.2) is 46.2 Å². The largest absolute Gasteiger partial charge is 0.373 e. The third-order valence-corrected chi connectivity index (χ3v) is 7.96. The molecule has 3 N–H and O–H groups in total. The highest BCUT2D eigenvalue weighted by Gasteiger charge is 2.29. The Bertz CT molecular complexity index is 1620. The van der Waals surface area contributed by atoms with E-state index in [4.69, 9.17) is 4.74 Å². The highest BCUT2D eigenvalue weighted by molar-refractivity contribution is 7.90. The van der Waals surface area contributed by atoms with Crippen LogP contribution in [0.4, 0.5) is 23.0 Å². The van der Waals surface area contributed by atoms with Gasteiger partial charge in [-0.15, -0.1) is 0 Å². The molecule has 11 heteroatoms. The molecule has 4 aromatic rings. The van der Waals surface area contributed by atoms with Gasteiger partial charge in [0.1, 0.15) is 23.0 Å². The average molecular weight is 536 g/mol. The number of ether oxygens (including phenoxy) is 1. The van der Waals surface area contributed by atoms with Crippen LogP contribution in [0.25, 0.3) is 11.2 Å². The number of aromatic nitrogens is 5. The predicted molar refractivity (Wildman–Crippen MR) is 148 cm³/mol. The topological polar surface area (TPSA) is 135 Å². The van der Waals surface area contributed by atoms with Crippen LogP contribution in [0.2, 0.25) is 0 Å². The van der Waals surface area contributed by atoms with E-state index >= 15 is 0 Å². The molecule has 0 unspecified atom stereocenters. The average Bonchev–Trinajstić information content (AvgIpc) is 3.21. The maximum absolute atomic E-state index is 12.9. The molecule has 4 heterocycles. The summed E-state index contributed by atoms with van der Waals surface area (Å²) in [5.41, 5.74) is 4.87. The van der Waals surface area contributed by atoms with Gasteiger partial charge in [-0.25, -0.2) is 23.4 Å². The van der Waals surface area contributed by atoms with E-state index in [1.165, 1.54) is 6.26 Å². The summed E-state index contributed by atoms with van der Waals surface area (Å²) in [6, 6.07) is 7.23. The van der Waals surface area contributed by atoms with Crippen LogP contribution in [0.3, 0.4) is 0 Å². The maximum Gasteiger partial charge on any atom is 0.177 e. The summed E-state index contributed by atoms with van der Waals surface area (Å²) in [6.07, 6.45) is 4.59. The SMILES string of the molecule is Cc1nc2c(Nc3ccc([C@@H]4CCC(C)(C)CO4)cc3S(C)(=O)=O)cc(Nc3cnc(C)c(C)n3)nc2[nH]1. The second-order valence-electron chi connectivity index (χ2n) is 10.8. The lowest BCUT2D eigenvalue weighted by atomic mass is 9.84.